The minimum absolute atomic E-state index is 0.00977. The molecule has 1 rings (SSSR count). The lowest BCUT2D eigenvalue weighted by molar-refractivity contribution is -0.384. The topological polar surface area (TPSA) is 72.2 Å². The zero-order valence-corrected chi connectivity index (χ0v) is 10.6. The molecular formula is C13H16N2O3. The van der Waals surface area contributed by atoms with E-state index in [1.54, 1.807) is 12.1 Å². The van der Waals surface area contributed by atoms with Gasteiger partial charge < -0.3 is 5.32 Å². The molecule has 18 heavy (non-hydrogen) atoms. The summed E-state index contributed by atoms with van der Waals surface area (Å²) in [5.74, 6) is -0.0135. The Bertz CT molecular complexity index is 487. The number of benzene rings is 1. The molecule has 0 amide bonds. The number of anilines is 1. The summed E-state index contributed by atoms with van der Waals surface area (Å²) in [6.45, 7) is 5.48. The van der Waals surface area contributed by atoms with E-state index in [0.717, 1.165) is 0 Å². The van der Waals surface area contributed by atoms with E-state index in [9.17, 15) is 14.9 Å². The molecule has 5 nitrogen and oxygen atoms in total. The Morgan fingerprint density at radius 3 is 2.61 bits per heavy atom. The van der Waals surface area contributed by atoms with Gasteiger partial charge in [-0.15, -0.1) is 0 Å². The molecule has 1 aromatic carbocycles. The van der Waals surface area contributed by atoms with E-state index in [-0.39, 0.29) is 11.5 Å². The number of nitrogens with one attached hydrogen (secondary N) is 1. The minimum Gasteiger partial charge on any atom is -0.361 e. The van der Waals surface area contributed by atoms with Crippen molar-refractivity contribution < 1.29 is 9.72 Å². The van der Waals surface area contributed by atoms with Crippen LogP contribution in [0.4, 0.5) is 11.4 Å². The van der Waals surface area contributed by atoms with Crippen LogP contribution in [-0.2, 0) is 4.79 Å². The van der Waals surface area contributed by atoms with Crippen LogP contribution in [0.15, 0.2) is 36.5 Å². The smallest absolute Gasteiger partial charge is 0.271 e. The maximum atomic E-state index is 11.6. The van der Waals surface area contributed by atoms with Gasteiger partial charge in [0.2, 0.25) is 0 Å². The van der Waals surface area contributed by atoms with Crippen molar-refractivity contribution in [1.29, 1.82) is 0 Å². The van der Waals surface area contributed by atoms with Crippen LogP contribution in [0.2, 0.25) is 0 Å². The predicted octanol–water partition coefficient (Wildman–Crippen LogP) is 3.14. The molecule has 0 spiro atoms. The number of hydrogen-bond donors (Lipinski definition) is 1. The lowest BCUT2D eigenvalue weighted by Gasteiger charge is -2.12. The molecule has 0 bridgehead atoms. The molecule has 0 fully saturated rings. The van der Waals surface area contributed by atoms with Gasteiger partial charge in [0, 0.05) is 29.4 Å². The first-order chi connectivity index (χ1) is 8.30. The lowest BCUT2D eigenvalue weighted by atomic mass is 9.91. The monoisotopic (exact) mass is 248 g/mol. The predicted molar refractivity (Wildman–Crippen MR) is 70.3 cm³/mol. The first-order valence-electron chi connectivity index (χ1n) is 5.52. The number of nitro benzene ring substituents is 1. The number of allylic oxidation sites excluding steroid dienone is 1. The third-order valence-corrected chi connectivity index (χ3v) is 2.28. The Kier molecular flexibility index (Phi) is 4.20. The van der Waals surface area contributed by atoms with Crippen molar-refractivity contribution in [2.75, 3.05) is 5.32 Å². The molecule has 5 heteroatoms. The van der Waals surface area contributed by atoms with E-state index < -0.39 is 10.3 Å². The van der Waals surface area contributed by atoms with E-state index in [1.807, 2.05) is 20.8 Å². The zero-order valence-electron chi connectivity index (χ0n) is 10.6. The number of carbonyl (C=O) groups is 1. The van der Waals surface area contributed by atoms with Crippen LogP contribution in [0.5, 0.6) is 0 Å². The van der Waals surface area contributed by atoms with Crippen LogP contribution in [-0.4, -0.2) is 10.7 Å². The van der Waals surface area contributed by atoms with Crippen LogP contribution in [0.1, 0.15) is 20.8 Å². The van der Waals surface area contributed by atoms with Gasteiger partial charge in [0.15, 0.2) is 5.78 Å². The molecule has 0 aromatic heterocycles. The highest BCUT2D eigenvalue weighted by atomic mass is 16.6. The molecule has 0 unspecified atom stereocenters. The Labute approximate surface area is 106 Å². The molecule has 96 valence electrons. The third-order valence-electron chi connectivity index (χ3n) is 2.28. The van der Waals surface area contributed by atoms with Gasteiger partial charge in [-0.3, -0.25) is 14.9 Å². The van der Waals surface area contributed by atoms with Crippen molar-refractivity contribution in [3.8, 4) is 0 Å². The van der Waals surface area contributed by atoms with Crippen molar-refractivity contribution in [3.05, 3.63) is 46.7 Å². The van der Waals surface area contributed by atoms with Crippen LogP contribution in [0, 0.1) is 15.5 Å². The lowest BCUT2D eigenvalue weighted by Crippen LogP contribution is -2.17. The summed E-state index contributed by atoms with van der Waals surface area (Å²) in [5.41, 5.74) is 0.152. The van der Waals surface area contributed by atoms with E-state index >= 15 is 0 Å². The Morgan fingerprint density at radius 2 is 2.06 bits per heavy atom. The van der Waals surface area contributed by atoms with Crippen molar-refractivity contribution in [2.24, 2.45) is 5.41 Å². The number of nitro groups is 1. The maximum absolute atomic E-state index is 11.6. The van der Waals surface area contributed by atoms with E-state index in [1.165, 1.54) is 24.4 Å². The van der Waals surface area contributed by atoms with Gasteiger partial charge in [-0.1, -0.05) is 26.8 Å². The second-order valence-corrected chi connectivity index (χ2v) is 4.90. The zero-order chi connectivity index (χ0) is 13.8. The number of nitrogens with zero attached hydrogens (tertiary/aromatic N) is 1. The van der Waals surface area contributed by atoms with E-state index in [0.29, 0.717) is 5.69 Å². The Morgan fingerprint density at radius 1 is 1.39 bits per heavy atom. The van der Waals surface area contributed by atoms with Gasteiger partial charge in [-0.25, -0.2) is 0 Å². The first kappa shape index (κ1) is 13.9. The van der Waals surface area contributed by atoms with Crippen LogP contribution < -0.4 is 5.32 Å². The molecule has 1 N–H and O–H groups in total. The molecule has 0 atom stereocenters. The number of rotatable bonds is 4. The number of ketones is 1. The van der Waals surface area contributed by atoms with Crippen LogP contribution >= 0.6 is 0 Å². The van der Waals surface area contributed by atoms with Gasteiger partial charge in [0.1, 0.15) is 0 Å². The Hall–Kier alpha value is -2.17. The second kappa shape index (κ2) is 5.44. The molecule has 0 saturated heterocycles. The van der Waals surface area contributed by atoms with E-state index in [4.69, 9.17) is 0 Å². The molecule has 0 saturated carbocycles. The summed E-state index contributed by atoms with van der Waals surface area (Å²) >= 11 is 0. The minimum atomic E-state index is -0.463. The molecule has 0 aliphatic carbocycles. The van der Waals surface area contributed by atoms with Gasteiger partial charge in [-0.05, 0) is 12.1 Å². The summed E-state index contributed by atoms with van der Waals surface area (Å²) in [6.07, 6.45) is 2.92. The largest absolute Gasteiger partial charge is 0.361 e. The maximum Gasteiger partial charge on any atom is 0.271 e. The summed E-state index contributed by atoms with van der Waals surface area (Å²) in [6, 6.07) is 6.10. The normalized spacial score (nSPS) is 11.5. The third kappa shape index (κ3) is 4.01. The van der Waals surface area contributed by atoms with Crippen molar-refractivity contribution in [2.45, 2.75) is 20.8 Å². The summed E-state index contributed by atoms with van der Waals surface area (Å²) in [7, 11) is 0. The SMILES string of the molecule is CC(C)(C)C(=O)C=CNc1cccc([N+](=O)[O-])c1. The molecule has 0 heterocycles. The fraction of sp³-hybridized carbons (Fsp3) is 0.308. The number of carbonyl (C=O) groups excluding carboxylic acids is 1. The average Bonchev–Trinajstić information content (AvgIpc) is 2.28. The number of non-ortho nitro benzene ring substituents is 1. The molecule has 0 aliphatic heterocycles. The Balaban J connectivity index is 2.70. The van der Waals surface area contributed by atoms with Crippen LogP contribution in [0.3, 0.4) is 0 Å². The van der Waals surface area contributed by atoms with Gasteiger partial charge in [0.25, 0.3) is 5.69 Å². The fourth-order valence-electron chi connectivity index (χ4n) is 1.17. The molecule has 0 aliphatic rings. The van der Waals surface area contributed by atoms with Crippen LogP contribution in [0.25, 0.3) is 0 Å². The second-order valence-electron chi connectivity index (χ2n) is 4.90. The molecular weight excluding hydrogens is 232 g/mol. The summed E-state index contributed by atoms with van der Waals surface area (Å²) < 4.78 is 0. The van der Waals surface area contributed by atoms with Gasteiger partial charge in [-0.2, -0.15) is 0 Å². The van der Waals surface area contributed by atoms with Crippen molar-refractivity contribution >= 4 is 17.2 Å². The number of hydrogen-bond acceptors (Lipinski definition) is 4. The van der Waals surface area contributed by atoms with Crippen molar-refractivity contribution in [1.82, 2.24) is 0 Å². The average molecular weight is 248 g/mol. The highest BCUT2D eigenvalue weighted by Crippen LogP contribution is 2.18. The standard InChI is InChI=1S/C13H16N2O3/c1-13(2,3)12(16)7-8-14-10-5-4-6-11(9-10)15(17)18/h4-9,14H,1-3H3. The molecule has 1 aromatic rings. The summed E-state index contributed by atoms with van der Waals surface area (Å²) in [4.78, 5) is 21.7. The van der Waals surface area contributed by atoms with Gasteiger partial charge >= 0.3 is 0 Å². The van der Waals surface area contributed by atoms with Crippen molar-refractivity contribution in [3.63, 3.8) is 0 Å². The highest BCUT2D eigenvalue weighted by Gasteiger charge is 2.17. The highest BCUT2D eigenvalue weighted by molar-refractivity contribution is 5.94. The molecule has 0 radical (unpaired) electrons. The fourth-order valence-corrected chi connectivity index (χ4v) is 1.17. The van der Waals surface area contributed by atoms with Gasteiger partial charge in [0.05, 0.1) is 4.92 Å². The quantitative estimate of drug-likeness (QED) is 0.504. The first-order valence-corrected chi connectivity index (χ1v) is 5.52. The van der Waals surface area contributed by atoms with E-state index in [2.05, 4.69) is 5.32 Å². The summed E-state index contributed by atoms with van der Waals surface area (Å²) in [5, 5.41) is 13.4.